The van der Waals surface area contributed by atoms with Crippen molar-refractivity contribution in [3.05, 3.63) is 20.3 Å². The maximum absolute atomic E-state index is 6.18. The van der Waals surface area contributed by atoms with E-state index < -0.39 is 0 Å². The molecule has 1 heterocycles. The van der Waals surface area contributed by atoms with E-state index in [-0.39, 0.29) is 6.04 Å². The van der Waals surface area contributed by atoms with Gasteiger partial charge < -0.3 is 5.32 Å². The minimum Gasteiger partial charge on any atom is -0.306 e. The maximum Gasteiger partial charge on any atom is 0.0991 e. The summed E-state index contributed by atoms with van der Waals surface area (Å²) < 4.78 is 1.55. The topological polar surface area (TPSA) is 12.0 Å². The number of halogens is 2. The summed E-state index contributed by atoms with van der Waals surface area (Å²) in [6.45, 7) is 11.4. The van der Waals surface area contributed by atoms with E-state index in [1.165, 1.54) is 11.3 Å². The van der Waals surface area contributed by atoms with Gasteiger partial charge in [0.2, 0.25) is 0 Å². The van der Waals surface area contributed by atoms with Gasteiger partial charge in [-0.3, -0.25) is 0 Å². The molecule has 0 aromatic carbocycles. The van der Waals surface area contributed by atoms with Crippen LogP contribution in [0.3, 0.4) is 0 Å². The molecule has 1 aromatic heterocycles. The van der Waals surface area contributed by atoms with Crippen molar-refractivity contribution in [3.8, 4) is 0 Å². The standard InChI is InChI=1S/C13H19Cl2NS/c1-7(8-6-9(14)17-10(8)15)16-11-12(2,3)13(11,4)5/h6-7,11,16H,1-5H3. The predicted octanol–water partition coefficient (Wildman–Crippen LogP) is 5.14. The van der Waals surface area contributed by atoms with Gasteiger partial charge in [-0.1, -0.05) is 50.9 Å². The normalized spacial score (nSPS) is 23.7. The Kier molecular flexibility index (Phi) is 3.32. The van der Waals surface area contributed by atoms with Gasteiger partial charge >= 0.3 is 0 Å². The third-order valence-electron chi connectivity index (χ3n) is 4.59. The summed E-state index contributed by atoms with van der Waals surface area (Å²) in [5.41, 5.74) is 1.79. The smallest absolute Gasteiger partial charge is 0.0991 e. The first kappa shape index (κ1) is 13.7. The van der Waals surface area contributed by atoms with Crippen molar-refractivity contribution in [1.29, 1.82) is 0 Å². The number of thiophene rings is 1. The highest BCUT2D eigenvalue weighted by atomic mass is 35.5. The van der Waals surface area contributed by atoms with Crippen LogP contribution in [0.4, 0.5) is 0 Å². The van der Waals surface area contributed by atoms with E-state index in [9.17, 15) is 0 Å². The molecular formula is C13H19Cl2NS. The predicted molar refractivity (Wildman–Crippen MR) is 77.2 cm³/mol. The Labute approximate surface area is 118 Å². The SMILES string of the molecule is CC(NC1C(C)(C)C1(C)C)c1cc(Cl)sc1Cl. The molecule has 1 atom stereocenters. The summed E-state index contributed by atoms with van der Waals surface area (Å²) >= 11 is 13.6. The molecule has 1 unspecified atom stereocenters. The summed E-state index contributed by atoms with van der Waals surface area (Å²) in [4.78, 5) is 0. The van der Waals surface area contributed by atoms with Crippen LogP contribution >= 0.6 is 34.5 Å². The van der Waals surface area contributed by atoms with Crippen LogP contribution in [-0.2, 0) is 0 Å². The van der Waals surface area contributed by atoms with Crippen LogP contribution < -0.4 is 5.32 Å². The highest BCUT2D eigenvalue weighted by molar-refractivity contribution is 7.20. The van der Waals surface area contributed by atoms with Crippen molar-refractivity contribution >= 4 is 34.5 Å². The summed E-state index contributed by atoms with van der Waals surface area (Å²) in [6.07, 6.45) is 0. The zero-order chi connectivity index (χ0) is 13.0. The number of hydrogen-bond acceptors (Lipinski definition) is 2. The van der Waals surface area contributed by atoms with E-state index in [0.29, 0.717) is 16.9 Å². The van der Waals surface area contributed by atoms with Crippen molar-refractivity contribution in [1.82, 2.24) is 5.32 Å². The van der Waals surface area contributed by atoms with Gasteiger partial charge in [-0.05, 0) is 29.4 Å². The van der Waals surface area contributed by atoms with Crippen LogP contribution in [-0.4, -0.2) is 6.04 Å². The van der Waals surface area contributed by atoms with E-state index in [1.54, 1.807) is 0 Å². The minimum absolute atomic E-state index is 0.248. The van der Waals surface area contributed by atoms with Crippen LogP contribution in [0, 0.1) is 10.8 Å². The Morgan fingerprint density at radius 1 is 1.24 bits per heavy atom. The summed E-state index contributed by atoms with van der Waals surface area (Å²) in [5, 5.41) is 3.67. The molecule has 0 amide bonds. The summed E-state index contributed by atoms with van der Waals surface area (Å²) in [5.74, 6) is 0. The fraction of sp³-hybridized carbons (Fsp3) is 0.692. The lowest BCUT2D eigenvalue weighted by Gasteiger charge is -2.15. The molecule has 1 nitrogen and oxygen atoms in total. The van der Waals surface area contributed by atoms with Gasteiger partial charge in [0.15, 0.2) is 0 Å². The van der Waals surface area contributed by atoms with Gasteiger partial charge in [0.25, 0.3) is 0 Å². The molecule has 1 fully saturated rings. The van der Waals surface area contributed by atoms with Crippen molar-refractivity contribution in [2.45, 2.75) is 46.7 Å². The van der Waals surface area contributed by atoms with Crippen LogP contribution in [0.25, 0.3) is 0 Å². The zero-order valence-electron chi connectivity index (χ0n) is 10.9. The largest absolute Gasteiger partial charge is 0.306 e. The molecule has 2 rings (SSSR count). The van der Waals surface area contributed by atoms with Crippen LogP contribution in [0.5, 0.6) is 0 Å². The summed E-state index contributed by atoms with van der Waals surface area (Å²) in [6, 6.07) is 2.74. The van der Waals surface area contributed by atoms with Crippen LogP contribution in [0.1, 0.15) is 46.2 Å². The monoisotopic (exact) mass is 291 g/mol. The minimum atomic E-state index is 0.248. The number of rotatable bonds is 3. The first-order valence-electron chi connectivity index (χ1n) is 5.88. The van der Waals surface area contributed by atoms with Gasteiger partial charge in [0, 0.05) is 12.1 Å². The Morgan fingerprint density at radius 2 is 1.76 bits per heavy atom. The average molecular weight is 292 g/mol. The molecule has 0 bridgehead atoms. The average Bonchev–Trinajstić information content (AvgIpc) is 2.50. The fourth-order valence-corrected chi connectivity index (χ4v) is 4.25. The molecule has 0 spiro atoms. The molecule has 17 heavy (non-hydrogen) atoms. The molecule has 1 N–H and O–H groups in total. The molecule has 1 aliphatic rings. The molecular weight excluding hydrogens is 273 g/mol. The van der Waals surface area contributed by atoms with Crippen LogP contribution in [0.2, 0.25) is 8.67 Å². The Hall–Kier alpha value is 0.240. The van der Waals surface area contributed by atoms with E-state index >= 15 is 0 Å². The molecule has 1 aromatic rings. The Bertz CT molecular complexity index is 423. The van der Waals surface area contributed by atoms with Crippen LogP contribution in [0.15, 0.2) is 6.07 Å². The number of hydrogen-bond donors (Lipinski definition) is 1. The molecule has 0 saturated heterocycles. The van der Waals surface area contributed by atoms with Gasteiger partial charge in [-0.2, -0.15) is 0 Å². The third-order valence-corrected chi connectivity index (χ3v) is 6.10. The molecule has 1 saturated carbocycles. The second-order valence-electron chi connectivity index (χ2n) is 6.04. The van der Waals surface area contributed by atoms with Gasteiger partial charge in [-0.25, -0.2) is 0 Å². The lowest BCUT2D eigenvalue weighted by Crippen LogP contribution is -2.25. The first-order valence-corrected chi connectivity index (χ1v) is 7.46. The quantitative estimate of drug-likeness (QED) is 0.813. The maximum atomic E-state index is 6.18. The van der Waals surface area contributed by atoms with E-state index in [4.69, 9.17) is 23.2 Å². The van der Waals surface area contributed by atoms with Crippen molar-refractivity contribution in [2.75, 3.05) is 0 Å². The lowest BCUT2D eigenvalue weighted by atomic mass is 10.0. The van der Waals surface area contributed by atoms with Crippen molar-refractivity contribution in [3.63, 3.8) is 0 Å². The highest BCUT2D eigenvalue weighted by Gasteiger charge is 2.64. The molecule has 0 radical (unpaired) electrons. The highest BCUT2D eigenvalue weighted by Crippen LogP contribution is 2.63. The van der Waals surface area contributed by atoms with Gasteiger partial charge in [-0.15, -0.1) is 11.3 Å². The van der Waals surface area contributed by atoms with Gasteiger partial charge in [0.05, 0.1) is 8.67 Å². The fourth-order valence-electron chi connectivity index (χ4n) is 2.60. The Morgan fingerprint density at radius 3 is 2.12 bits per heavy atom. The third kappa shape index (κ3) is 2.14. The second kappa shape index (κ2) is 4.12. The van der Waals surface area contributed by atoms with Crippen molar-refractivity contribution < 1.29 is 0 Å². The lowest BCUT2D eigenvalue weighted by molar-refractivity contribution is 0.457. The second-order valence-corrected chi connectivity index (χ2v) is 8.33. The molecule has 1 aliphatic carbocycles. The summed E-state index contributed by atoms with van der Waals surface area (Å²) in [7, 11) is 0. The van der Waals surface area contributed by atoms with E-state index in [2.05, 4.69) is 39.9 Å². The van der Waals surface area contributed by atoms with E-state index in [1.807, 2.05) is 6.07 Å². The van der Waals surface area contributed by atoms with E-state index in [0.717, 1.165) is 14.2 Å². The zero-order valence-corrected chi connectivity index (χ0v) is 13.2. The van der Waals surface area contributed by atoms with Gasteiger partial charge in [0.1, 0.15) is 0 Å². The van der Waals surface area contributed by atoms with Crippen molar-refractivity contribution in [2.24, 2.45) is 10.8 Å². The molecule has 4 heteroatoms. The Balaban J connectivity index is 2.09. The molecule has 96 valence electrons. The first-order chi connectivity index (χ1) is 7.68. The number of nitrogens with one attached hydrogen (secondary N) is 1. The molecule has 0 aliphatic heterocycles.